The highest BCUT2D eigenvalue weighted by atomic mass is 35.5. The van der Waals surface area contributed by atoms with Crippen LogP contribution in [0.3, 0.4) is 0 Å². The molecule has 1 aromatic carbocycles. The highest BCUT2D eigenvalue weighted by molar-refractivity contribution is 6.33. The van der Waals surface area contributed by atoms with E-state index in [2.05, 4.69) is 0 Å². The fraction of sp³-hybridized carbons (Fsp3) is 0.467. The van der Waals surface area contributed by atoms with E-state index in [-0.39, 0.29) is 24.0 Å². The van der Waals surface area contributed by atoms with Crippen LogP contribution in [0.1, 0.15) is 30.4 Å². The van der Waals surface area contributed by atoms with Crippen molar-refractivity contribution in [2.45, 2.75) is 38.3 Å². The van der Waals surface area contributed by atoms with Crippen LogP contribution in [0.4, 0.5) is 5.69 Å². The van der Waals surface area contributed by atoms with Gasteiger partial charge in [0.05, 0.1) is 16.7 Å². The largest absolute Gasteiger partial charge is 0.393 e. The normalized spacial score (nSPS) is 28.6. The van der Waals surface area contributed by atoms with Crippen molar-refractivity contribution < 1.29 is 9.90 Å². The van der Waals surface area contributed by atoms with Gasteiger partial charge >= 0.3 is 0 Å². The second kappa shape index (κ2) is 4.76. The first-order chi connectivity index (χ1) is 9.54. The fourth-order valence-corrected chi connectivity index (χ4v) is 3.64. The average Bonchev–Trinajstić information content (AvgIpc) is 2.93. The van der Waals surface area contributed by atoms with E-state index in [1.165, 1.54) is 0 Å². The zero-order chi connectivity index (χ0) is 14.4. The van der Waals surface area contributed by atoms with E-state index < -0.39 is 0 Å². The van der Waals surface area contributed by atoms with Crippen LogP contribution in [0.15, 0.2) is 12.1 Å². The van der Waals surface area contributed by atoms with Crippen LogP contribution in [0, 0.1) is 24.2 Å². The molecule has 0 unspecified atom stereocenters. The lowest BCUT2D eigenvalue weighted by Gasteiger charge is -2.26. The van der Waals surface area contributed by atoms with Crippen LogP contribution in [0.5, 0.6) is 0 Å². The minimum atomic E-state index is -0.386. The second-order valence-electron chi connectivity index (χ2n) is 5.53. The lowest BCUT2D eigenvalue weighted by molar-refractivity contribution is -0.117. The van der Waals surface area contributed by atoms with Crippen molar-refractivity contribution in [3.05, 3.63) is 28.3 Å². The Balaban J connectivity index is 2.04. The molecule has 1 aliphatic carbocycles. The molecule has 1 saturated carbocycles. The standard InChI is InChI=1S/C15H15ClN2O2/c1-8-11(3-2-9(7-17)15(8)16)18-12-4-5-13(19)10(12)6-14(18)20/h2-3,10,12-13,19H,4-6H2,1H3/t10-,12-,13+/m1/s1. The Morgan fingerprint density at radius 1 is 1.45 bits per heavy atom. The van der Waals surface area contributed by atoms with Crippen LogP contribution in [0.25, 0.3) is 0 Å². The van der Waals surface area contributed by atoms with Crippen molar-refractivity contribution >= 4 is 23.2 Å². The summed E-state index contributed by atoms with van der Waals surface area (Å²) in [6.45, 7) is 1.82. The number of hydrogen-bond acceptors (Lipinski definition) is 3. The molecule has 0 aromatic heterocycles. The number of nitrogens with zero attached hydrogens (tertiary/aromatic N) is 2. The first-order valence-electron chi connectivity index (χ1n) is 6.74. The maximum Gasteiger partial charge on any atom is 0.227 e. The number of benzene rings is 1. The van der Waals surface area contributed by atoms with Gasteiger partial charge in [-0.3, -0.25) is 4.79 Å². The van der Waals surface area contributed by atoms with Crippen molar-refractivity contribution in [2.75, 3.05) is 4.90 Å². The van der Waals surface area contributed by atoms with Gasteiger partial charge in [0.1, 0.15) is 6.07 Å². The van der Waals surface area contributed by atoms with E-state index in [1.807, 2.05) is 13.0 Å². The van der Waals surface area contributed by atoms with Crippen LogP contribution in [0.2, 0.25) is 5.02 Å². The maximum atomic E-state index is 12.3. The summed E-state index contributed by atoms with van der Waals surface area (Å²) in [5, 5.41) is 19.3. The Hall–Kier alpha value is -1.57. The molecular formula is C15H15ClN2O2. The van der Waals surface area contributed by atoms with Gasteiger partial charge in [-0.05, 0) is 37.5 Å². The van der Waals surface area contributed by atoms with Gasteiger partial charge in [-0.1, -0.05) is 11.6 Å². The number of aliphatic hydroxyl groups is 1. The summed E-state index contributed by atoms with van der Waals surface area (Å²) in [6.07, 6.45) is 1.56. The number of nitriles is 1. The van der Waals surface area contributed by atoms with Crippen molar-refractivity contribution in [1.29, 1.82) is 5.26 Å². The van der Waals surface area contributed by atoms with Gasteiger partial charge in [0.2, 0.25) is 5.91 Å². The van der Waals surface area contributed by atoms with Gasteiger partial charge < -0.3 is 10.0 Å². The second-order valence-corrected chi connectivity index (χ2v) is 5.90. The summed E-state index contributed by atoms with van der Waals surface area (Å²) in [6, 6.07) is 5.53. The van der Waals surface area contributed by atoms with E-state index in [9.17, 15) is 9.90 Å². The molecule has 4 nitrogen and oxygen atoms in total. The quantitative estimate of drug-likeness (QED) is 0.864. The number of hydrogen-bond donors (Lipinski definition) is 1. The fourth-order valence-electron chi connectivity index (χ4n) is 3.44. The molecule has 104 valence electrons. The Morgan fingerprint density at radius 3 is 2.90 bits per heavy atom. The van der Waals surface area contributed by atoms with Crippen molar-refractivity contribution in [2.24, 2.45) is 5.92 Å². The molecule has 1 heterocycles. The van der Waals surface area contributed by atoms with E-state index in [4.69, 9.17) is 16.9 Å². The molecule has 2 aliphatic rings. The first kappa shape index (κ1) is 13.4. The minimum Gasteiger partial charge on any atom is -0.393 e. The van der Waals surface area contributed by atoms with Crippen LogP contribution >= 0.6 is 11.6 Å². The van der Waals surface area contributed by atoms with E-state index in [0.717, 1.165) is 24.1 Å². The van der Waals surface area contributed by atoms with Crippen LogP contribution < -0.4 is 4.90 Å². The molecule has 1 amide bonds. The summed E-state index contributed by atoms with van der Waals surface area (Å²) in [5.41, 5.74) is 1.93. The number of halogens is 1. The highest BCUT2D eigenvalue weighted by Crippen LogP contribution is 2.43. The summed E-state index contributed by atoms with van der Waals surface area (Å²) in [4.78, 5) is 14.0. The van der Waals surface area contributed by atoms with Gasteiger partial charge in [0.25, 0.3) is 0 Å². The average molecular weight is 291 g/mol. The molecule has 1 saturated heterocycles. The predicted octanol–water partition coefficient (Wildman–Crippen LogP) is 2.40. The molecule has 0 spiro atoms. The predicted molar refractivity (Wildman–Crippen MR) is 75.5 cm³/mol. The Kier molecular flexibility index (Phi) is 3.19. The van der Waals surface area contributed by atoms with Gasteiger partial charge in [-0.2, -0.15) is 5.26 Å². The molecule has 1 aliphatic heterocycles. The third-order valence-electron chi connectivity index (χ3n) is 4.50. The highest BCUT2D eigenvalue weighted by Gasteiger charge is 2.48. The van der Waals surface area contributed by atoms with Crippen LogP contribution in [-0.2, 0) is 4.79 Å². The van der Waals surface area contributed by atoms with Gasteiger partial charge in [-0.15, -0.1) is 0 Å². The lowest BCUT2D eigenvalue weighted by atomic mass is 10.0. The van der Waals surface area contributed by atoms with E-state index >= 15 is 0 Å². The SMILES string of the molecule is Cc1c(N2C(=O)C[C@@H]3[C@H]2CC[C@@H]3O)ccc(C#N)c1Cl. The first-order valence-corrected chi connectivity index (χ1v) is 7.11. The third-order valence-corrected chi connectivity index (χ3v) is 4.98. The number of carbonyl (C=O) groups excluding carboxylic acids is 1. The molecule has 0 bridgehead atoms. The Morgan fingerprint density at radius 2 is 2.20 bits per heavy atom. The molecule has 20 heavy (non-hydrogen) atoms. The molecule has 1 aromatic rings. The molecule has 3 atom stereocenters. The summed E-state index contributed by atoms with van der Waals surface area (Å²) >= 11 is 6.19. The smallest absolute Gasteiger partial charge is 0.227 e. The molecule has 3 rings (SSSR count). The van der Waals surface area contributed by atoms with Crippen molar-refractivity contribution in [3.63, 3.8) is 0 Å². The number of fused-ring (bicyclic) bond motifs is 1. The van der Waals surface area contributed by atoms with Crippen molar-refractivity contribution in [1.82, 2.24) is 0 Å². The van der Waals surface area contributed by atoms with Gasteiger partial charge in [0, 0.05) is 24.1 Å². The topological polar surface area (TPSA) is 64.3 Å². The van der Waals surface area contributed by atoms with Crippen molar-refractivity contribution in [3.8, 4) is 6.07 Å². The molecule has 2 fully saturated rings. The molecule has 1 N–H and O–H groups in total. The summed E-state index contributed by atoms with van der Waals surface area (Å²) < 4.78 is 0. The molecule has 0 radical (unpaired) electrons. The number of rotatable bonds is 1. The zero-order valence-corrected chi connectivity index (χ0v) is 11.9. The van der Waals surface area contributed by atoms with Crippen LogP contribution in [-0.4, -0.2) is 23.2 Å². The summed E-state index contributed by atoms with van der Waals surface area (Å²) in [5.74, 6) is 0.0546. The monoisotopic (exact) mass is 290 g/mol. The number of aliphatic hydroxyl groups excluding tert-OH is 1. The zero-order valence-electron chi connectivity index (χ0n) is 11.1. The van der Waals surface area contributed by atoms with E-state index in [0.29, 0.717) is 17.0 Å². The number of anilines is 1. The van der Waals surface area contributed by atoms with E-state index in [1.54, 1.807) is 17.0 Å². The number of amides is 1. The maximum absolute atomic E-state index is 12.3. The number of carbonyl (C=O) groups is 1. The Labute approximate surface area is 122 Å². The lowest BCUT2D eigenvalue weighted by Crippen LogP contribution is -2.34. The molecular weight excluding hydrogens is 276 g/mol. The van der Waals surface area contributed by atoms with Gasteiger partial charge in [-0.25, -0.2) is 0 Å². The van der Waals surface area contributed by atoms with Gasteiger partial charge in [0.15, 0.2) is 0 Å². The minimum absolute atomic E-state index is 0.0244. The summed E-state index contributed by atoms with van der Waals surface area (Å²) in [7, 11) is 0. The molecule has 5 heteroatoms. The Bertz CT molecular complexity index is 623. The third kappa shape index (κ3) is 1.81.